The van der Waals surface area contributed by atoms with Gasteiger partial charge in [0.15, 0.2) is 5.22 Å². The Hall–Kier alpha value is -1.84. The molecule has 1 unspecified atom stereocenters. The van der Waals surface area contributed by atoms with E-state index in [1.165, 1.54) is 0 Å². The van der Waals surface area contributed by atoms with Gasteiger partial charge in [0, 0.05) is 23.3 Å². The van der Waals surface area contributed by atoms with E-state index in [1.54, 1.807) is 18.5 Å². The second-order valence-electron chi connectivity index (χ2n) is 4.07. The number of hydrogen-bond donors (Lipinski definition) is 1. The second kappa shape index (κ2) is 4.44. The van der Waals surface area contributed by atoms with E-state index in [9.17, 15) is 0 Å². The van der Waals surface area contributed by atoms with Crippen LogP contribution in [0.1, 0.15) is 17.2 Å². The molecule has 0 fully saturated rings. The SMILES string of the molecule is NC(c1ccoc1Cl)c1cccc2cnccc12. The van der Waals surface area contributed by atoms with Crippen molar-refractivity contribution < 1.29 is 4.42 Å². The molecule has 3 nitrogen and oxygen atoms in total. The summed E-state index contributed by atoms with van der Waals surface area (Å²) in [5.74, 6) is 0. The zero-order chi connectivity index (χ0) is 12.5. The molecule has 0 radical (unpaired) electrons. The standard InChI is InChI=1S/C14H11ClN2O/c15-14-12(5-7-18-14)13(16)11-3-1-2-9-8-17-6-4-10(9)11/h1-8,13H,16H2. The Morgan fingerprint density at radius 2 is 2.06 bits per heavy atom. The van der Waals surface area contributed by atoms with Crippen molar-refractivity contribution in [1.29, 1.82) is 0 Å². The van der Waals surface area contributed by atoms with Gasteiger partial charge < -0.3 is 10.2 Å². The fraction of sp³-hybridized carbons (Fsp3) is 0.0714. The molecule has 2 heterocycles. The number of nitrogens with zero attached hydrogens (tertiary/aromatic N) is 1. The van der Waals surface area contributed by atoms with Gasteiger partial charge in [-0.15, -0.1) is 0 Å². The summed E-state index contributed by atoms with van der Waals surface area (Å²) in [6, 6.07) is 9.42. The van der Waals surface area contributed by atoms with Gasteiger partial charge >= 0.3 is 0 Å². The number of aromatic nitrogens is 1. The summed E-state index contributed by atoms with van der Waals surface area (Å²) in [5.41, 5.74) is 8.07. The Kier molecular flexibility index (Phi) is 2.78. The number of rotatable bonds is 2. The Labute approximate surface area is 109 Å². The van der Waals surface area contributed by atoms with Crippen LogP contribution in [0.5, 0.6) is 0 Å². The van der Waals surface area contributed by atoms with Crippen LogP contribution in [0.2, 0.25) is 5.22 Å². The van der Waals surface area contributed by atoms with Crippen LogP contribution in [0.25, 0.3) is 10.8 Å². The van der Waals surface area contributed by atoms with E-state index in [1.807, 2.05) is 30.5 Å². The molecule has 0 spiro atoms. The zero-order valence-electron chi connectivity index (χ0n) is 9.51. The molecule has 2 N–H and O–H groups in total. The van der Waals surface area contributed by atoms with Crippen molar-refractivity contribution in [3.63, 3.8) is 0 Å². The number of nitrogens with two attached hydrogens (primary N) is 1. The van der Waals surface area contributed by atoms with Crippen molar-refractivity contribution in [3.8, 4) is 0 Å². The summed E-state index contributed by atoms with van der Waals surface area (Å²) in [4.78, 5) is 4.11. The molecular formula is C14H11ClN2O. The smallest absolute Gasteiger partial charge is 0.198 e. The van der Waals surface area contributed by atoms with E-state index in [0.717, 1.165) is 21.9 Å². The van der Waals surface area contributed by atoms with E-state index in [4.69, 9.17) is 21.8 Å². The van der Waals surface area contributed by atoms with E-state index in [-0.39, 0.29) is 6.04 Å². The molecule has 0 aliphatic carbocycles. The molecule has 1 atom stereocenters. The molecule has 3 rings (SSSR count). The first-order valence-electron chi connectivity index (χ1n) is 5.58. The molecule has 0 amide bonds. The van der Waals surface area contributed by atoms with E-state index >= 15 is 0 Å². The van der Waals surface area contributed by atoms with Crippen molar-refractivity contribution in [1.82, 2.24) is 4.98 Å². The molecule has 1 aromatic carbocycles. The first-order valence-corrected chi connectivity index (χ1v) is 5.96. The van der Waals surface area contributed by atoms with Crippen LogP contribution in [0, 0.1) is 0 Å². The third-order valence-electron chi connectivity index (χ3n) is 3.03. The largest absolute Gasteiger partial charge is 0.453 e. The number of halogens is 1. The maximum Gasteiger partial charge on any atom is 0.198 e. The highest BCUT2D eigenvalue weighted by Crippen LogP contribution is 2.31. The average molecular weight is 259 g/mol. The van der Waals surface area contributed by atoms with Gasteiger partial charge in [-0.2, -0.15) is 0 Å². The van der Waals surface area contributed by atoms with Crippen LogP contribution in [-0.4, -0.2) is 4.98 Å². The Morgan fingerprint density at radius 3 is 2.83 bits per heavy atom. The Bertz CT molecular complexity index is 688. The summed E-state index contributed by atoms with van der Waals surface area (Å²) in [5, 5.41) is 2.48. The fourth-order valence-corrected chi connectivity index (χ4v) is 2.34. The van der Waals surface area contributed by atoms with Gasteiger partial charge in [-0.1, -0.05) is 18.2 Å². The van der Waals surface area contributed by atoms with Gasteiger partial charge in [-0.05, 0) is 34.7 Å². The second-order valence-corrected chi connectivity index (χ2v) is 4.41. The predicted octanol–water partition coefficient (Wildman–Crippen LogP) is 3.53. The van der Waals surface area contributed by atoms with E-state index in [0.29, 0.717) is 5.22 Å². The lowest BCUT2D eigenvalue weighted by Gasteiger charge is -2.13. The molecule has 4 heteroatoms. The lowest BCUT2D eigenvalue weighted by Crippen LogP contribution is -2.11. The van der Waals surface area contributed by atoms with Gasteiger partial charge in [-0.3, -0.25) is 4.98 Å². The molecule has 0 aliphatic heterocycles. The summed E-state index contributed by atoms with van der Waals surface area (Å²) in [6.07, 6.45) is 5.13. The maximum atomic E-state index is 6.26. The summed E-state index contributed by atoms with van der Waals surface area (Å²) in [6.45, 7) is 0. The average Bonchev–Trinajstić information content (AvgIpc) is 2.83. The molecule has 2 aromatic heterocycles. The monoisotopic (exact) mass is 258 g/mol. The van der Waals surface area contributed by atoms with Gasteiger partial charge in [-0.25, -0.2) is 0 Å². The van der Waals surface area contributed by atoms with Gasteiger partial charge in [0.05, 0.1) is 12.3 Å². The van der Waals surface area contributed by atoms with E-state index in [2.05, 4.69) is 4.98 Å². The molecule has 0 saturated heterocycles. The normalized spacial score (nSPS) is 12.8. The minimum atomic E-state index is -0.303. The summed E-state index contributed by atoms with van der Waals surface area (Å²) >= 11 is 5.98. The predicted molar refractivity (Wildman–Crippen MR) is 71.5 cm³/mol. The molecule has 0 saturated carbocycles. The molecular weight excluding hydrogens is 248 g/mol. The van der Waals surface area contributed by atoms with Crippen molar-refractivity contribution in [2.45, 2.75) is 6.04 Å². The first-order chi connectivity index (χ1) is 8.77. The summed E-state index contributed by atoms with van der Waals surface area (Å²) < 4.78 is 5.09. The minimum absolute atomic E-state index is 0.303. The molecule has 0 aliphatic rings. The Balaban J connectivity index is 2.18. The number of hydrogen-bond acceptors (Lipinski definition) is 3. The van der Waals surface area contributed by atoms with Gasteiger partial charge in [0.2, 0.25) is 0 Å². The highest BCUT2D eigenvalue weighted by molar-refractivity contribution is 6.29. The van der Waals surface area contributed by atoms with E-state index < -0.39 is 0 Å². The minimum Gasteiger partial charge on any atom is -0.453 e. The third kappa shape index (κ3) is 1.78. The van der Waals surface area contributed by atoms with Crippen LogP contribution < -0.4 is 5.73 Å². The number of benzene rings is 1. The van der Waals surface area contributed by atoms with Crippen LogP contribution in [0.15, 0.2) is 53.4 Å². The van der Waals surface area contributed by atoms with Crippen LogP contribution >= 0.6 is 11.6 Å². The van der Waals surface area contributed by atoms with Gasteiger partial charge in [0.25, 0.3) is 0 Å². The van der Waals surface area contributed by atoms with Crippen molar-refractivity contribution in [2.24, 2.45) is 5.73 Å². The third-order valence-corrected chi connectivity index (χ3v) is 3.34. The number of fused-ring (bicyclic) bond motifs is 1. The van der Waals surface area contributed by atoms with Crippen molar-refractivity contribution >= 4 is 22.4 Å². The van der Waals surface area contributed by atoms with Crippen LogP contribution in [-0.2, 0) is 0 Å². The van der Waals surface area contributed by atoms with Crippen molar-refractivity contribution in [3.05, 3.63) is 65.3 Å². The molecule has 3 aromatic rings. The molecule has 0 bridgehead atoms. The molecule has 90 valence electrons. The summed E-state index contributed by atoms with van der Waals surface area (Å²) in [7, 11) is 0. The number of furan rings is 1. The lowest BCUT2D eigenvalue weighted by molar-refractivity contribution is 0.564. The topological polar surface area (TPSA) is 52.0 Å². The van der Waals surface area contributed by atoms with Crippen LogP contribution in [0.4, 0.5) is 0 Å². The van der Waals surface area contributed by atoms with Crippen molar-refractivity contribution in [2.75, 3.05) is 0 Å². The van der Waals surface area contributed by atoms with Crippen LogP contribution in [0.3, 0.4) is 0 Å². The maximum absolute atomic E-state index is 6.26. The first kappa shape index (κ1) is 11.3. The highest BCUT2D eigenvalue weighted by Gasteiger charge is 2.16. The lowest BCUT2D eigenvalue weighted by atomic mass is 9.97. The number of pyridine rings is 1. The zero-order valence-corrected chi connectivity index (χ0v) is 10.3. The quantitative estimate of drug-likeness (QED) is 0.765. The molecule has 18 heavy (non-hydrogen) atoms. The Morgan fingerprint density at radius 1 is 1.17 bits per heavy atom. The van der Waals surface area contributed by atoms with Gasteiger partial charge in [0.1, 0.15) is 0 Å². The fourth-order valence-electron chi connectivity index (χ4n) is 2.11. The highest BCUT2D eigenvalue weighted by atomic mass is 35.5.